The van der Waals surface area contributed by atoms with Crippen LogP contribution in [0.25, 0.3) is 0 Å². The number of hydrogen-bond donors (Lipinski definition) is 0. The Balaban J connectivity index is 2.49. The van der Waals surface area contributed by atoms with Crippen molar-refractivity contribution >= 4 is 27.6 Å². The smallest absolute Gasteiger partial charge is 0.338 e. The molecule has 0 unspecified atom stereocenters. The van der Waals surface area contributed by atoms with E-state index in [-0.39, 0.29) is 29.4 Å². The van der Waals surface area contributed by atoms with Gasteiger partial charge in [-0.25, -0.2) is 13.2 Å². The summed E-state index contributed by atoms with van der Waals surface area (Å²) in [7, 11) is -4.04. The molecule has 0 aliphatic rings. The van der Waals surface area contributed by atoms with Crippen molar-refractivity contribution in [2.75, 3.05) is 24.1 Å². The summed E-state index contributed by atoms with van der Waals surface area (Å²) < 4.78 is 36.9. The van der Waals surface area contributed by atoms with Crippen molar-refractivity contribution in [2.45, 2.75) is 18.7 Å². The van der Waals surface area contributed by atoms with Gasteiger partial charge in [0.15, 0.2) is 0 Å². The number of nitrogens with zero attached hydrogens (tertiary/aromatic N) is 1. The molecule has 0 bridgehead atoms. The predicted molar refractivity (Wildman–Crippen MR) is 100 cm³/mol. The first-order chi connectivity index (χ1) is 12.9. The highest BCUT2D eigenvalue weighted by Gasteiger charge is 2.28. The van der Waals surface area contributed by atoms with Gasteiger partial charge in [0.1, 0.15) is 6.54 Å². The molecule has 7 nitrogen and oxygen atoms in total. The lowest BCUT2D eigenvalue weighted by Gasteiger charge is -2.24. The van der Waals surface area contributed by atoms with Gasteiger partial charge in [-0.3, -0.25) is 9.10 Å². The molecule has 0 saturated heterocycles. The summed E-state index contributed by atoms with van der Waals surface area (Å²) in [5.41, 5.74) is 0.351. The van der Waals surface area contributed by atoms with E-state index < -0.39 is 28.5 Å². The summed E-state index contributed by atoms with van der Waals surface area (Å²) in [5, 5.41) is 0. The van der Waals surface area contributed by atoms with Gasteiger partial charge in [0.05, 0.1) is 29.4 Å². The highest BCUT2D eigenvalue weighted by molar-refractivity contribution is 7.92. The molecule has 0 aliphatic carbocycles. The van der Waals surface area contributed by atoms with Crippen molar-refractivity contribution in [3.05, 3.63) is 60.2 Å². The van der Waals surface area contributed by atoms with Gasteiger partial charge in [-0.05, 0) is 44.2 Å². The van der Waals surface area contributed by atoms with Crippen LogP contribution < -0.4 is 4.31 Å². The first-order valence-corrected chi connectivity index (χ1v) is 9.84. The lowest BCUT2D eigenvalue weighted by atomic mass is 10.2. The number of hydrogen-bond acceptors (Lipinski definition) is 6. The van der Waals surface area contributed by atoms with Crippen LogP contribution in [-0.4, -0.2) is 40.1 Å². The second-order valence-electron chi connectivity index (χ2n) is 5.40. The van der Waals surface area contributed by atoms with E-state index in [1.807, 2.05) is 0 Å². The largest absolute Gasteiger partial charge is 0.465 e. The maximum atomic E-state index is 13.1. The third kappa shape index (κ3) is 5.07. The van der Waals surface area contributed by atoms with Crippen LogP contribution in [0.3, 0.4) is 0 Å². The Hall–Kier alpha value is -2.87. The van der Waals surface area contributed by atoms with E-state index in [1.54, 1.807) is 32.0 Å². The van der Waals surface area contributed by atoms with Crippen LogP contribution in [0, 0.1) is 0 Å². The Labute approximate surface area is 158 Å². The number of benzene rings is 2. The zero-order chi connectivity index (χ0) is 19.9. The Kier molecular flexibility index (Phi) is 6.95. The van der Waals surface area contributed by atoms with Gasteiger partial charge >= 0.3 is 11.9 Å². The van der Waals surface area contributed by atoms with Crippen molar-refractivity contribution in [1.29, 1.82) is 0 Å². The quantitative estimate of drug-likeness (QED) is 0.643. The summed E-state index contributed by atoms with van der Waals surface area (Å²) in [4.78, 5) is 24.0. The van der Waals surface area contributed by atoms with E-state index in [0.717, 1.165) is 4.31 Å². The maximum absolute atomic E-state index is 13.1. The SMILES string of the molecule is CCOC(=O)CN(c1cccc(C(=O)OCC)c1)S(=O)(=O)c1ccccc1. The van der Waals surface area contributed by atoms with E-state index in [2.05, 4.69) is 0 Å². The molecule has 0 spiro atoms. The number of rotatable bonds is 8. The maximum Gasteiger partial charge on any atom is 0.338 e. The molecule has 8 heteroatoms. The van der Waals surface area contributed by atoms with E-state index in [4.69, 9.17) is 9.47 Å². The topological polar surface area (TPSA) is 90.0 Å². The average molecular weight is 391 g/mol. The van der Waals surface area contributed by atoms with E-state index in [0.29, 0.717) is 0 Å². The zero-order valence-electron chi connectivity index (χ0n) is 15.1. The monoisotopic (exact) mass is 391 g/mol. The number of esters is 2. The lowest BCUT2D eigenvalue weighted by molar-refractivity contribution is -0.141. The number of sulfonamides is 1. The second-order valence-corrected chi connectivity index (χ2v) is 7.26. The summed E-state index contributed by atoms with van der Waals surface area (Å²) >= 11 is 0. The van der Waals surface area contributed by atoms with Crippen LogP contribution in [0.2, 0.25) is 0 Å². The van der Waals surface area contributed by atoms with Crippen LogP contribution >= 0.6 is 0 Å². The molecule has 0 heterocycles. The molecule has 144 valence electrons. The highest BCUT2D eigenvalue weighted by atomic mass is 32.2. The molecule has 0 aromatic heterocycles. The number of ether oxygens (including phenoxy) is 2. The van der Waals surface area contributed by atoms with Crippen molar-refractivity contribution in [3.63, 3.8) is 0 Å². The third-order valence-electron chi connectivity index (χ3n) is 3.55. The molecule has 0 atom stereocenters. The van der Waals surface area contributed by atoms with Gasteiger partial charge in [-0.1, -0.05) is 24.3 Å². The van der Waals surface area contributed by atoms with Crippen molar-refractivity contribution < 1.29 is 27.5 Å². The molecule has 2 aromatic carbocycles. The molecule has 0 radical (unpaired) electrons. The molecule has 0 amide bonds. The van der Waals surface area contributed by atoms with Crippen LogP contribution in [0.1, 0.15) is 24.2 Å². The van der Waals surface area contributed by atoms with Crippen molar-refractivity contribution in [3.8, 4) is 0 Å². The minimum Gasteiger partial charge on any atom is -0.465 e. The van der Waals surface area contributed by atoms with Gasteiger partial charge in [0, 0.05) is 0 Å². The second kappa shape index (κ2) is 9.18. The van der Waals surface area contributed by atoms with E-state index in [9.17, 15) is 18.0 Å². The van der Waals surface area contributed by atoms with Gasteiger partial charge in [0.25, 0.3) is 10.0 Å². The fourth-order valence-electron chi connectivity index (χ4n) is 2.36. The fourth-order valence-corrected chi connectivity index (χ4v) is 3.78. The van der Waals surface area contributed by atoms with Crippen LogP contribution in [0.5, 0.6) is 0 Å². The van der Waals surface area contributed by atoms with Gasteiger partial charge < -0.3 is 9.47 Å². The standard InChI is InChI=1S/C19H21NO6S/c1-3-25-18(21)14-20(27(23,24)17-11-6-5-7-12-17)16-10-8-9-15(13-16)19(22)26-4-2/h5-13H,3-4,14H2,1-2H3. The number of carbonyl (C=O) groups excluding carboxylic acids is 2. The molecule has 0 N–H and O–H groups in total. The summed E-state index contributed by atoms with van der Waals surface area (Å²) in [6, 6.07) is 13.6. The Bertz CT molecular complexity index is 895. The molecule has 0 fully saturated rings. The van der Waals surface area contributed by atoms with E-state index >= 15 is 0 Å². The van der Waals surface area contributed by atoms with E-state index in [1.165, 1.54) is 36.4 Å². The van der Waals surface area contributed by atoms with Crippen molar-refractivity contribution in [1.82, 2.24) is 0 Å². The number of carbonyl (C=O) groups is 2. The minimum absolute atomic E-state index is 0.0239. The molecule has 0 aliphatic heterocycles. The fraction of sp³-hybridized carbons (Fsp3) is 0.263. The highest BCUT2D eigenvalue weighted by Crippen LogP contribution is 2.25. The summed E-state index contributed by atoms with van der Waals surface area (Å²) in [6.07, 6.45) is 0. The minimum atomic E-state index is -4.04. The normalized spacial score (nSPS) is 10.9. The Morgan fingerprint density at radius 2 is 1.59 bits per heavy atom. The van der Waals surface area contributed by atoms with Gasteiger partial charge in [0.2, 0.25) is 0 Å². The predicted octanol–water partition coefficient (Wildman–Crippen LogP) is 2.62. The van der Waals surface area contributed by atoms with Crippen LogP contribution in [0.15, 0.2) is 59.5 Å². The molecular weight excluding hydrogens is 370 g/mol. The summed E-state index contributed by atoms with van der Waals surface area (Å²) in [5.74, 6) is -1.27. The molecule has 2 aromatic rings. The van der Waals surface area contributed by atoms with Crippen LogP contribution in [-0.2, 0) is 24.3 Å². The molecule has 2 rings (SSSR count). The number of anilines is 1. The third-order valence-corrected chi connectivity index (χ3v) is 5.34. The first-order valence-electron chi connectivity index (χ1n) is 8.40. The molecule has 0 saturated carbocycles. The van der Waals surface area contributed by atoms with Crippen molar-refractivity contribution in [2.24, 2.45) is 0 Å². The Morgan fingerprint density at radius 3 is 2.22 bits per heavy atom. The molecule has 27 heavy (non-hydrogen) atoms. The average Bonchev–Trinajstić information content (AvgIpc) is 2.67. The molecular formula is C19H21NO6S. The van der Waals surface area contributed by atoms with Gasteiger partial charge in [-0.15, -0.1) is 0 Å². The van der Waals surface area contributed by atoms with Crippen LogP contribution in [0.4, 0.5) is 5.69 Å². The summed E-state index contributed by atoms with van der Waals surface area (Å²) in [6.45, 7) is 3.11. The van der Waals surface area contributed by atoms with Gasteiger partial charge in [-0.2, -0.15) is 0 Å². The zero-order valence-corrected chi connectivity index (χ0v) is 15.9. The first kappa shape index (κ1) is 20.4. The Morgan fingerprint density at radius 1 is 0.926 bits per heavy atom. The lowest BCUT2D eigenvalue weighted by Crippen LogP contribution is -2.36.